The first-order chi connectivity index (χ1) is 8.29. The minimum absolute atomic E-state index is 0.148. The van der Waals surface area contributed by atoms with Crippen molar-refractivity contribution in [3.63, 3.8) is 0 Å². The monoisotopic (exact) mass is 256 g/mol. The van der Waals surface area contributed by atoms with Crippen LogP contribution >= 0.6 is 0 Å². The summed E-state index contributed by atoms with van der Waals surface area (Å²) in [4.78, 5) is 33.6. The molecule has 0 aromatic carbocycles. The van der Waals surface area contributed by atoms with Crippen molar-refractivity contribution in [2.45, 2.75) is 32.9 Å². The van der Waals surface area contributed by atoms with Gasteiger partial charge in [0.1, 0.15) is 11.9 Å². The Morgan fingerprint density at radius 1 is 1.50 bits per heavy atom. The molecule has 0 fully saturated rings. The number of aromatic amines is 1. The van der Waals surface area contributed by atoms with Crippen LogP contribution in [0.2, 0.25) is 0 Å². The number of nitrogens with one attached hydrogen (secondary N) is 2. The zero-order valence-electron chi connectivity index (χ0n) is 10.5. The number of rotatable bonds is 3. The van der Waals surface area contributed by atoms with E-state index in [-0.39, 0.29) is 13.1 Å². The standard InChI is InChI=1S/C10H16N4O4/c1-10(2,3)18-9(17)11-4-5-14-6-12-13-7(15)8(14)16/h6H,4-5H2,1-3H3,(H,11,17)(H,13,15). The maximum Gasteiger partial charge on any atom is 0.407 e. The Balaban J connectivity index is 2.48. The summed E-state index contributed by atoms with van der Waals surface area (Å²) in [5.41, 5.74) is -2.09. The third-order valence-corrected chi connectivity index (χ3v) is 1.84. The topological polar surface area (TPSA) is 106 Å². The fraction of sp³-hybridized carbons (Fsp3) is 0.600. The molecule has 0 spiro atoms. The Hall–Kier alpha value is -2.12. The lowest BCUT2D eigenvalue weighted by Crippen LogP contribution is -2.40. The van der Waals surface area contributed by atoms with Gasteiger partial charge in [0, 0.05) is 13.1 Å². The van der Waals surface area contributed by atoms with Crippen LogP contribution in [0.1, 0.15) is 20.8 Å². The summed E-state index contributed by atoms with van der Waals surface area (Å²) in [5.74, 6) is 0. The van der Waals surface area contributed by atoms with Gasteiger partial charge in [0.25, 0.3) is 0 Å². The van der Waals surface area contributed by atoms with E-state index < -0.39 is 22.8 Å². The van der Waals surface area contributed by atoms with E-state index in [1.54, 1.807) is 20.8 Å². The Bertz CT molecular complexity index is 526. The lowest BCUT2D eigenvalue weighted by atomic mass is 10.2. The Morgan fingerprint density at radius 2 is 2.17 bits per heavy atom. The summed E-state index contributed by atoms with van der Waals surface area (Å²) in [5, 5.41) is 7.98. The third-order valence-electron chi connectivity index (χ3n) is 1.84. The van der Waals surface area contributed by atoms with Crippen LogP contribution in [-0.4, -0.2) is 33.0 Å². The van der Waals surface area contributed by atoms with Gasteiger partial charge in [-0.3, -0.25) is 14.2 Å². The van der Waals surface area contributed by atoms with E-state index in [0.717, 1.165) is 4.57 Å². The van der Waals surface area contributed by atoms with E-state index in [0.29, 0.717) is 0 Å². The van der Waals surface area contributed by atoms with Gasteiger partial charge in [0.2, 0.25) is 0 Å². The normalized spacial score (nSPS) is 11.1. The lowest BCUT2D eigenvalue weighted by Gasteiger charge is -2.19. The second-order valence-electron chi connectivity index (χ2n) is 4.61. The average Bonchev–Trinajstić information content (AvgIpc) is 2.21. The van der Waals surface area contributed by atoms with Crippen molar-refractivity contribution in [3.05, 3.63) is 27.0 Å². The molecule has 1 rings (SSSR count). The van der Waals surface area contributed by atoms with E-state index >= 15 is 0 Å². The Labute approximate surface area is 103 Å². The zero-order valence-corrected chi connectivity index (χ0v) is 10.5. The van der Waals surface area contributed by atoms with Crippen LogP contribution in [-0.2, 0) is 11.3 Å². The van der Waals surface area contributed by atoms with Crippen molar-refractivity contribution in [2.24, 2.45) is 0 Å². The molecule has 1 amide bonds. The minimum Gasteiger partial charge on any atom is -0.444 e. The number of hydrogen-bond donors (Lipinski definition) is 2. The van der Waals surface area contributed by atoms with Gasteiger partial charge in [-0.2, -0.15) is 5.10 Å². The molecule has 8 heteroatoms. The highest BCUT2D eigenvalue weighted by Crippen LogP contribution is 2.05. The molecular weight excluding hydrogens is 240 g/mol. The highest BCUT2D eigenvalue weighted by atomic mass is 16.6. The highest BCUT2D eigenvalue weighted by Gasteiger charge is 2.15. The first-order valence-electron chi connectivity index (χ1n) is 5.40. The number of hydrogen-bond acceptors (Lipinski definition) is 5. The van der Waals surface area contributed by atoms with Crippen molar-refractivity contribution < 1.29 is 9.53 Å². The van der Waals surface area contributed by atoms with Crippen molar-refractivity contribution in [3.8, 4) is 0 Å². The number of carbonyl (C=O) groups excluding carboxylic acids is 1. The van der Waals surface area contributed by atoms with Crippen LogP contribution in [0.3, 0.4) is 0 Å². The largest absolute Gasteiger partial charge is 0.444 e. The van der Waals surface area contributed by atoms with Gasteiger partial charge in [-0.05, 0) is 20.8 Å². The fourth-order valence-corrected chi connectivity index (χ4v) is 1.14. The summed E-state index contributed by atoms with van der Waals surface area (Å²) < 4.78 is 6.12. The summed E-state index contributed by atoms with van der Waals surface area (Å²) >= 11 is 0. The molecule has 0 radical (unpaired) electrons. The van der Waals surface area contributed by atoms with Crippen LogP contribution in [0.25, 0.3) is 0 Å². The number of alkyl carbamates (subject to hydrolysis) is 1. The van der Waals surface area contributed by atoms with Gasteiger partial charge >= 0.3 is 17.2 Å². The molecular formula is C10H16N4O4. The van der Waals surface area contributed by atoms with Crippen molar-refractivity contribution in [2.75, 3.05) is 6.54 Å². The molecule has 0 saturated heterocycles. The molecule has 100 valence electrons. The van der Waals surface area contributed by atoms with Crippen LogP contribution < -0.4 is 16.4 Å². The van der Waals surface area contributed by atoms with E-state index in [2.05, 4.69) is 10.4 Å². The van der Waals surface area contributed by atoms with Gasteiger partial charge in [0.15, 0.2) is 0 Å². The van der Waals surface area contributed by atoms with E-state index in [1.165, 1.54) is 6.33 Å². The van der Waals surface area contributed by atoms with Crippen molar-refractivity contribution in [1.82, 2.24) is 20.1 Å². The molecule has 1 heterocycles. The molecule has 2 N–H and O–H groups in total. The van der Waals surface area contributed by atoms with E-state index in [1.807, 2.05) is 5.10 Å². The molecule has 0 bridgehead atoms. The van der Waals surface area contributed by atoms with Gasteiger partial charge in [-0.25, -0.2) is 9.89 Å². The Kier molecular flexibility index (Phi) is 4.24. The summed E-state index contributed by atoms with van der Waals surface area (Å²) in [6, 6.07) is 0. The predicted molar refractivity (Wildman–Crippen MR) is 63.4 cm³/mol. The maximum atomic E-state index is 11.3. The minimum atomic E-state index is -0.797. The number of H-pyrrole nitrogens is 1. The van der Waals surface area contributed by atoms with Crippen LogP contribution in [0, 0.1) is 0 Å². The molecule has 0 aliphatic rings. The third kappa shape index (κ3) is 4.40. The van der Waals surface area contributed by atoms with E-state index in [4.69, 9.17) is 4.74 Å². The second-order valence-corrected chi connectivity index (χ2v) is 4.61. The lowest BCUT2D eigenvalue weighted by molar-refractivity contribution is 0.0526. The molecule has 8 nitrogen and oxygen atoms in total. The van der Waals surface area contributed by atoms with Crippen LogP contribution in [0.15, 0.2) is 15.9 Å². The molecule has 0 saturated carbocycles. The molecule has 0 aliphatic carbocycles. The second kappa shape index (κ2) is 5.48. The van der Waals surface area contributed by atoms with Crippen LogP contribution in [0.5, 0.6) is 0 Å². The smallest absolute Gasteiger partial charge is 0.407 e. The van der Waals surface area contributed by atoms with Gasteiger partial charge in [0.05, 0.1) is 0 Å². The summed E-state index contributed by atoms with van der Waals surface area (Å²) in [7, 11) is 0. The fourth-order valence-electron chi connectivity index (χ4n) is 1.14. The number of amides is 1. The van der Waals surface area contributed by atoms with E-state index in [9.17, 15) is 14.4 Å². The molecule has 0 atom stereocenters. The number of aromatic nitrogens is 3. The predicted octanol–water partition coefficient (Wildman–Crippen LogP) is -0.544. The van der Waals surface area contributed by atoms with Gasteiger partial charge < -0.3 is 10.1 Å². The maximum absolute atomic E-state index is 11.3. The molecule has 0 unspecified atom stereocenters. The SMILES string of the molecule is CC(C)(C)OC(=O)NCCn1cn[nH]c(=O)c1=O. The number of ether oxygens (including phenoxy) is 1. The van der Waals surface area contributed by atoms with Gasteiger partial charge in [-0.1, -0.05) is 0 Å². The average molecular weight is 256 g/mol. The van der Waals surface area contributed by atoms with Gasteiger partial charge in [-0.15, -0.1) is 0 Å². The molecule has 18 heavy (non-hydrogen) atoms. The zero-order chi connectivity index (χ0) is 13.8. The Morgan fingerprint density at radius 3 is 2.78 bits per heavy atom. The van der Waals surface area contributed by atoms with Crippen LogP contribution in [0.4, 0.5) is 4.79 Å². The number of nitrogens with zero attached hydrogens (tertiary/aromatic N) is 2. The van der Waals surface area contributed by atoms with Crippen molar-refractivity contribution >= 4 is 6.09 Å². The first-order valence-corrected chi connectivity index (χ1v) is 5.40. The molecule has 0 aliphatic heterocycles. The first kappa shape index (κ1) is 13.9. The molecule has 1 aromatic rings. The summed E-state index contributed by atoms with van der Waals surface area (Å²) in [6.45, 7) is 5.56. The number of carbonyl (C=O) groups is 1. The quantitative estimate of drug-likeness (QED) is 0.706. The molecule has 1 aromatic heterocycles. The summed E-state index contributed by atoms with van der Waals surface area (Å²) in [6.07, 6.45) is 0.619. The van der Waals surface area contributed by atoms with Crippen molar-refractivity contribution in [1.29, 1.82) is 0 Å². The highest BCUT2D eigenvalue weighted by molar-refractivity contribution is 5.67.